The van der Waals surface area contributed by atoms with Crippen LogP contribution in [0.15, 0.2) is 67.1 Å². The Morgan fingerprint density at radius 2 is 1.56 bits per heavy atom. The summed E-state index contributed by atoms with van der Waals surface area (Å²) < 4.78 is 1.74. The number of nitrogens with one attached hydrogen (secondary N) is 1. The molecule has 4 aromatic heterocycles. The summed E-state index contributed by atoms with van der Waals surface area (Å²) in [6.07, 6.45) is 5.37. The predicted octanol–water partition coefficient (Wildman–Crippen LogP) is 5.39. The van der Waals surface area contributed by atoms with Gasteiger partial charge < -0.3 is 14.7 Å². The quantitative estimate of drug-likeness (QED) is 0.372. The minimum atomic E-state index is -0.888. The summed E-state index contributed by atoms with van der Waals surface area (Å²) in [4.78, 5) is 28.8. The molecule has 6 rings (SSSR count). The second-order valence-electron chi connectivity index (χ2n) is 7.19. The number of carboxylic acids is 1. The van der Waals surface area contributed by atoms with Crippen molar-refractivity contribution in [1.82, 2.24) is 24.5 Å². The molecule has 0 atom stereocenters. The van der Waals surface area contributed by atoms with E-state index < -0.39 is 5.97 Å². The highest BCUT2D eigenvalue weighted by atomic mass is 16.4. The maximum absolute atomic E-state index is 11.3. The van der Waals surface area contributed by atoms with Gasteiger partial charge in [-0.25, -0.2) is 4.98 Å². The van der Waals surface area contributed by atoms with Crippen molar-refractivity contribution in [1.29, 1.82) is 0 Å². The van der Waals surface area contributed by atoms with Crippen molar-refractivity contribution < 1.29 is 9.90 Å². The fraction of sp³-hybridized carbons (Fsp3) is 0.120. The van der Waals surface area contributed by atoms with Gasteiger partial charge in [0.25, 0.3) is 0 Å². The van der Waals surface area contributed by atoms with E-state index in [1.807, 2.05) is 68.6 Å². The van der Waals surface area contributed by atoms with Crippen molar-refractivity contribution in [3.8, 4) is 11.4 Å². The van der Waals surface area contributed by atoms with Crippen LogP contribution in [0.5, 0.6) is 0 Å². The lowest BCUT2D eigenvalue weighted by Crippen LogP contribution is -2.07. The summed E-state index contributed by atoms with van der Waals surface area (Å²) >= 11 is 0. The largest absolute Gasteiger partial charge is 0.480 e. The number of rotatable bonds is 3. The molecule has 0 aliphatic heterocycles. The molecule has 0 fully saturated rings. The van der Waals surface area contributed by atoms with Gasteiger partial charge in [-0.05, 0) is 30.3 Å². The first-order chi connectivity index (χ1) is 15.7. The van der Waals surface area contributed by atoms with E-state index in [0.29, 0.717) is 5.82 Å². The number of pyridine rings is 2. The first-order valence-corrected chi connectivity index (χ1v) is 10.5. The van der Waals surface area contributed by atoms with Gasteiger partial charge in [0, 0.05) is 45.8 Å². The van der Waals surface area contributed by atoms with Crippen LogP contribution in [-0.2, 0) is 11.3 Å². The average molecular weight is 423 g/mol. The number of para-hydroxylation sites is 1. The normalized spacial score (nSPS) is 11.2. The van der Waals surface area contributed by atoms with Crippen LogP contribution in [0.25, 0.3) is 55.1 Å². The van der Waals surface area contributed by atoms with Crippen molar-refractivity contribution in [2.24, 2.45) is 0 Å². The zero-order valence-corrected chi connectivity index (χ0v) is 17.7. The van der Waals surface area contributed by atoms with Gasteiger partial charge in [-0.1, -0.05) is 32.0 Å². The van der Waals surface area contributed by atoms with Gasteiger partial charge in [0.1, 0.15) is 12.4 Å². The number of fused-ring (bicyclic) bond motifs is 7. The number of H-pyrrole nitrogens is 1. The molecule has 0 aliphatic carbocycles. The Hall–Kier alpha value is -4.26. The SMILES string of the molecule is CC.O=C(O)Cn1cc(-c2nc3c4cccnc4c4ncccc4c3[nH]2)c2ccccc21. The zero-order valence-electron chi connectivity index (χ0n) is 17.7. The molecule has 158 valence electrons. The third-order valence-corrected chi connectivity index (χ3v) is 5.42. The third kappa shape index (κ3) is 2.98. The van der Waals surface area contributed by atoms with E-state index in [1.54, 1.807) is 17.0 Å². The van der Waals surface area contributed by atoms with Crippen LogP contribution in [0.3, 0.4) is 0 Å². The van der Waals surface area contributed by atoms with Crippen LogP contribution in [0.2, 0.25) is 0 Å². The Bertz CT molecular complexity index is 1540. The van der Waals surface area contributed by atoms with Gasteiger partial charge in [0.2, 0.25) is 0 Å². The molecule has 2 N–H and O–H groups in total. The van der Waals surface area contributed by atoms with Crippen molar-refractivity contribution in [3.05, 3.63) is 67.1 Å². The molecule has 2 aromatic carbocycles. The third-order valence-electron chi connectivity index (χ3n) is 5.42. The molecule has 0 saturated heterocycles. The molecule has 7 nitrogen and oxygen atoms in total. The van der Waals surface area contributed by atoms with Crippen molar-refractivity contribution >= 4 is 49.7 Å². The second kappa shape index (κ2) is 7.77. The first-order valence-electron chi connectivity index (χ1n) is 10.5. The molecule has 7 heteroatoms. The number of imidazole rings is 1. The standard InChI is InChI=1S/C23H15N5O2.C2H6/c29-18(30)12-28-11-16(13-5-1-2-8-17(13)28)23-26-21-14-6-3-9-24-19(14)20-15(22(21)27-23)7-4-10-25-20;1-2/h1-11H,12H2,(H,26,27)(H,29,30);1-2H3. The minimum Gasteiger partial charge on any atom is -0.480 e. The molecule has 0 spiro atoms. The molecular weight excluding hydrogens is 402 g/mol. The summed E-state index contributed by atoms with van der Waals surface area (Å²) in [6.45, 7) is 3.89. The van der Waals surface area contributed by atoms with Gasteiger partial charge in [-0.15, -0.1) is 0 Å². The lowest BCUT2D eigenvalue weighted by molar-refractivity contribution is -0.137. The number of hydrogen-bond donors (Lipinski definition) is 2. The average Bonchev–Trinajstić information content (AvgIpc) is 3.43. The predicted molar refractivity (Wildman–Crippen MR) is 127 cm³/mol. The number of carboxylic acid groups (broad SMARTS) is 1. The summed E-state index contributed by atoms with van der Waals surface area (Å²) in [5.74, 6) is -0.201. The van der Waals surface area contributed by atoms with Crippen molar-refractivity contribution in [3.63, 3.8) is 0 Å². The van der Waals surface area contributed by atoms with E-state index in [0.717, 1.165) is 49.3 Å². The van der Waals surface area contributed by atoms with Crippen LogP contribution in [0.4, 0.5) is 0 Å². The van der Waals surface area contributed by atoms with Crippen molar-refractivity contribution in [2.75, 3.05) is 0 Å². The summed E-state index contributed by atoms with van der Waals surface area (Å²) in [5.41, 5.74) is 5.06. The molecule has 32 heavy (non-hydrogen) atoms. The number of aromatic nitrogens is 5. The summed E-state index contributed by atoms with van der Waals surface area (Å²) in [6, 6.07) is 15.5. The number of hydrogen-bond acceptors (Lipinski definition) is 4. The fourth-order valence-electron chi connectivity index (χ4n) is 4.18. The maximum atomic E-state index is 11.3. The Balaban J connectivity index is 0.00000105. The lowest BCUT2D eigenvalue weighted by atomic mass is 10.1. The Kier molecular flexibility index (Phi) is 4.78. The summed E-state index contributed by atoms with van der Waals surface area (Å²) in [5, 5.41) is 12.1. The smallest absolute Gasteiger partial charge is 0.323 e. The number of carbonyl (C=O) groups is 1. The van der Waals surface area contributed by atoms with Crippen LogP contribution in [0.1, 0.15) is 13.8 Å². The van der Waals surface area contributed by atoms with Gasteiger partial charge in [-0.2, -0.15) is 0 Å². The number of aliphatic carboxylic acids is 1. The highest BCUT2D eigenvalue weighted by Crippen LogP contribution is 2.35. The maximum Gasteiger partial charge on any atom is 0.323 e. The van der Waals surface area contributed by atoms with Crippen molar-refractivity contribution in [2.45, 2.75) is 20.4 Å². The Labute approximate surface area is 183 Å². The van der Waals surface area contributed by atoms with Gasteiger partial charge >= 0.3 is 5.97 Å². The summed E-state index contributed by atoms with van der Waals surface area (Å²) in [7, 11) is 0. The molecule has 6 aromatic rings. The van der Waals surface area contributed by atoms with Crippen LogP contribution < -0.4 is 0 Å². The van der Waals surface area contributed by atoms with Crippen LogP contribution >= 0.6 is 0 Å². The lowest BCUT2D eigenvalue weighted by Gasteiger charge is -2.03. The zero-order chi connectivity index (χ0) is 22.2. The van der Waals surface area contributed by atoms with Crippen LogP contribution in [0, 0.1) is 0 Å². The number of nitrogens with zero attached hydrogens (tertiary/aromatic N) is 4. The van der Waals surface area contributed by atoms with E-state index in [4.69, 9.17) is 4.98 Å². The molecule has 0 aliphatic rings. The van der Waals surface area contributed by atoms with Gasteiger partial charge in [-0.3, -0.25) is 14.8 Å². The molecule has 0 radical (unpaired) electrons. The molecular formula is C25H21N5O2. The monoisotopic (exact) mass is 423 g/mol. The van der Waals surface area contributed by atoms with Gasteiger partial charge in [0.05, 0.1) is 22.1 Å². The van der Waals surface area contributed by atoms with E-state index in [1.165, 1.54) is 0 Å². The second-order valence-corrected chi connectivity index (χ2v) is 7.19. The Morgan fingerprint density at radius 3 is 2.31 bits per heavy atom. The van der Waals surface area contributed by atoms with Crippen LogP contribution in [-0.4, -0.2) is 35.6 Å². The molecule has 0 amide bonds. The Morgan fingerprint density at radius 1 is 0.906 bits per heavy atom. The van der Waals surface area contributed by atoms with E-state index in [9.17, 15) is 9.90 Å². The molecule has 0 unspecified atom stereocenters. The molecule has 4 heterocycles. The minimum absolute atomic E-state index is 0.111. The van der Waals surface area contributed by atoms with E-state index in [2.05, 4.69) is 15.0 Å². The van der Waals surface area contributed by atoms with E-state index >= 15 is 0 Å². The number of benzene rings is 2. The first kappa shape index (κ1) is 19.7. The topological polar surface area (TPSA) is 96.7 Å². The van der Waals surface area contributed by atoms with E-state index in [-0.39, 0.29) is 6.54 Å². The highest BCUT2D eigenvalue weighted by Gasteiger charge is 2.18. The molecule has 0 saturated carbocycles. The fourth-order valence-corrected chi connectivity index (χ4v) is 4.18. The molecule has 0 bridgehead atoms. The highest BCUT2D eigenvalue weighted by molar-refractivity contribution is 6.21. The van der Waals surface area contributed by atoms with Gasteiger partial charge in [0.15, 0.2) is 0 Å². The number of aromatic amines is 1.